The number of benzene rings is 1. The molecule has 208 valence electrons. The summed E-state index contributed by atoms with van der Waals surface area (Å²) in [4.78, 5) is 22.6. The van der Waals surface area contributed by atoms with E-state index in [0.29, 0.717) is 18.1 Å². The van der Waals surface area contributed by atoms with Crippen molar-refractivity contribution in [3.63, 3.8) is 0 Å². The SMILES string of the molecule is CC(Nc1ccc(-c2cc3c(N4C5CCCC4CC5)ncnc3[nH]2)cc1)c1cc(CN2CCCC(N)C2)ccn1. The quantitative estimate of drug-likeness (QED) is 0.281. The lowest BCUT2D eigenvalue weighted by Crippen LogP contribution is -2.42. The van der Waals surface area contributed by atoms with Crippen molar-refractivity contribution in [2.45, 2.75) is 82.6 Å². The molecule has 7 rings (SSSR count). The van der Waals surface area contributed by atoms with Gasteiger partial charge in [0, 0.05) is 48.8 Å². The number of aromatic nitrogens is 4. The van der Waals surface area contributed by atoms with Crippen molar-refractivity contribution in [1.82, 2.24) is 24.8 Å². The predicted molar refractivity (Wildman–Crippen MR) is 161 cm³/mol. The topological polar surface area (TPSA) is 99.0 Å². The van der Waals surface area contributed by atoms with Crippen molar-refractivity contribution in [3.8, 4) is 11.3 Å². The molecule has 40 heavy (non-hydrogen) atoms. The van der Waals surface area contributed by atoms with Gasteiger partial charge < -0.3 is 20.9 Å². The Morgan fingerprint density at radius 1 is 0.975 bits per heavy atom. The number of hydrogen-bond donors (Lipinski definition) is 3. The molecule has 3 aliphatic heterocycles. The molecule has 6 heterocycles. The van der Waals surface area contributed by atoms with Gasteiger partial charge in [-0.25, -0.2) is 9.97 Å². The van der Waals surface area contributed by atoms with Crippen LogP contribution in [0, 0.1) is 0 Å². The first-order valence-corrected chi connectivity index (χ1v) is 15.0. The lowest BCUT2D eigenvalue weighted by molar-refractivity contribution is 0.201. The third-order valence-electron chi connectivity index (χ3n) is 9.16. The summed E-state index contributed by atoms with van der Waals surface area (Å²) in [5, 5.41) is 4.76. The summed E-state index contributed by atoms with van der Waals surface area (Å²) in [6, 6.07) is 16.9. The van der Waals surface area contributed by atoms with E-state index < -0.39 is 0 Å². The van der Waals surface area contributed by atoms with Crippen LogP contribution in [0.4, 0.5) is 11.5 Å². The van der Waals surface area contributed by atoms with E-state index in [9.17, 15) is 0 Å². The van der Waals surface area contributed by atoms with E-state index in [-0.39, 0.29) is 6.04 Å². The van der Waals surface area contributed by atoms with Gasteiger partial charge in [-0.05, 0) is 99.9 Å². The number of anilines is 2. The van der Waals surface area contributed by atoms with Crippen LogP contribution < -0.4 is 16.0 Å². The first kappa shape index (κ1) is 25.5. The average molecular weight is 537 g/mol. The minimum absolute atomic E-state index is 0.0974. The van der Waals surface area contributed by atoms with Gasteiger partial charge in [0.1, 0.15) is 17.8 Å². The molecule has 8 nitrogen and oxygen atoms in total. The molecule has 0 radical (unpaired) electrons. The van der Waals surface area contributed by atoms with Crippen LogP contribution in [-0.4, -0.2) is 56.1 Å². The molecule has 0 amide bonds. The molecular formula is C32H40N8. The van der Waals surface area contributed by atoms with E-state index in [1.807, 2.05) is 6.20 Å². The highest BCUT2D eigenvalue weighted by molar-refractivity contribution is 5.92. The Morgan fingerprint density at radius 2 is 1.80 bits per heavy atom. The van der Waals surface area contributed by atoms with E-state index in [1.165, 1.54) is 44.1 Å². The highest BCUT2D eigenvalue weighted by Crippen LogP contribution is 2.41. The Morgan fingerprint density at radius 3 is 2.60 bits per heavy atom. The maximum atomic E-state index is 6.19. The Bertz CT molecular complexity index is 1450. The van der Waals surface area contributed by atoms with Crippen molar-refractivity contribution in [3.05, 3.63) is 66.2 Å². The Labute approximate surface area is 236 Å². The molecule has 1 aromatic carbocycles. The van der Waals surface area contributed by atoms with Crippen LogP contribution in [0.1, 0.15) is 69.2 Å². The number of H-pyrrole nitrogens is 1. The smallest absolute Gasteiger partial charge is 0.143 e. The van der Waals surface area contributed by atoms with Gasteiger partial charge in [-0.15, -0.1) is 0 Å². The second-order valence-corrected chi connectivity index (χ2v) is 12.0. The van der Waals surface area contributed by atoms with Crippen LogP contribution in [0.2, 0.25) is 0 Å². The third kappa shape index (κ3) is 5.06. The minimum atomic E-state index is 0.0974. The summed E-state index contributed by atoms with van der Waals surface area (Å²) in [5.41, 5.74) is 12.7. The van der Waals surface area contributed by atoms with Gasteiger partial charge in [0.25, 0.3) is 0 Å². The van der Waals surface area contributed by atoms with Gasteiger partial charge >= 0.3 is 0 Å². The molecule has 3 aliphatic rings. The number of aromatic amines is 1. The van der Waals surface area contributed by atoms with Crippen LogP contribution in [0.25, 0.3) is 22.3 Å². The fourth-order valence-electron chi connectivity index (χ4n) is 7.14. The number of nitrogens with two attached hydrogens (primary N) is 1. The van der Waals surface area contributed by atoms with Crippen LogP contribution >= 0.6 is 0 Å². The third-order valence-corrected chi connectivity index (χ3v) is 9.16. The molecule has 4 aromatic rings. The maximum Gasteiger partial charge on any atom is 0.143 e. The number of hydrogen-bond acceptors (Lipinski definition) is 7. The van der Waals surface area contributed by atoms with Gasteiger partial charge in [0.2, 0.25) is 0 Å². The molecule has 8 heteroatoms. The van der Waals surface area contributed by atoms with Crippen molar-refractivity contribution in [2.75, 3.05) is 23.3 Å². The highest BCUT2D eigenvalue weighted by Gasteiger charge is 2.38. The first-order chi connectivity index (χ1) is 19.6. The lowest BCUT2D eigenvalue weighted by Gasteiger charge is -2.36. The fourth-order valence-corrected chi connectivity index (χ4v) is 7.14. The second kappa shape index (κ2) is 10.8. The summed E-state index contributed by atoms with van der Waals surface area (Å²) in [5.74, 6) is 1.10. The van der Waals surface area contributed by atoms with Gasteiger partial charge in [-0.3, -0.25) is 9.88 Å². The summed E-state index contributed by atoms with van der Waals surface area (Å²) in [6.07, 6.45) is 12.4. The molecule has 3 saturated heterocycles. The summed E-state index contributed by atoms with van der Waals surface area (Å²) >= 11 is 0. The average Bonchev–Trinajstić information content (AvgIpc) is 3.51. The fraction of sp³-hybridized carbons (Fsp3) is 0.469. The monoisotopic (exact) mass is 536 g/mol. The summed E-state index contributed by atoms with van der Waals surface area (Å²) < 4.78 is 0. The van der Waals surface area contributed by atoms with Gasteiger partial charge in [0.15, 0.2) is 0 Å². The van der Waals surface area contributed by atoms with Gasteiger partial charge in [0.05, 0.1) is 17.1 Å². The van der Waals surface area contributed by atoms with Crippen molar-refractivity contribution in [1.29, 1.82) is 0 Å². The standard InChI is InChI=1S/C32H40N8/c1-21(29-16-22(13-14-34-29)18-39-15-3-4-24(33)19-39)37-25-9-7-23(8-10-25)30-17-28-31(38-30)35-20-36-32(28)40-26-5-2-6-27(40)12-11-26/h7-10,13-14,16-17,20-21,24,26-27,37H,2-6,11-12,15,18-19,33H2,1H3,(H,35,36,38). The zero-order valence-electron chi connectivity index (χ0n) is 23.4. The molecule has 3 fully saturated rings. The Hall–Kier alpha value is -3.49. The summed E-state index contributed by atoms with van der Waals surface area (Å²) in [6.45, 7) is 5.19. The molecule has 3 aromatic heterocycles. The number of pyridine rings is 1. The minimum Gasteiger partial charge on any atom is -0.377 e. The highest BCUT2D eigenvalue weighted by atomic mass is 15.3. The molecule has 0 spiro atoms. The molecule has 2 bridgehead atoms. The molecule has 4 N–H and O–H groups in total. The number of likely N-dealkylation sites (tertiary alicyclic amines) is 1. The van der Waals surface area contributed by atoms with E-state index in [0.717, 1.165) is 65.5 Å². The largest absolute Gasteiger partial charge is 0.377 e. The Kier molecular flexibility index (Phi) is 6.89. The Balaban J connectivity index is 1.05. The zero-order chi connectivity index (χ0) is 27.1. The van der Waals surface area contributed by atoms with Gasteiger partial charge in [-0.2, -0.15) is 0 Å². The second-order valence-electron chi connectivity index (χ2n) is 12.0. The van der Waals surface area contributed by atoms with Crippen LogP contribution in [0.3, 0.4) is 0 Å². The number of piperidine rings is 2. The maximum absolute atomic E-state index is 6.19. The van der Waals surface area contributed by atoms with Crippen molar-refractivity contribution < 1.29 is 0 Å². The number of rotatable bonds is 7. The van der Waals surface area contributed by atoms with E-state index >= 15 is 0 Å². The summed E-state index contributed by atoms with van der Waals surface area (Å²) in [7, 11) is 0. The van der Waals surface area contributed by atoms with Crippen LogP contribution in [0.5, 0.6) is 0 Å². The van der Waals surface area contributed by atoms with E-state index in [1.54, 1.807) is 6.33 Å². The first-order valence-electron chi connectivity index (χ1n) is 15.0. The van der Waals surface area contributed by atoms with Crippen LogP contribution in [0.15, 0.2) is 55.0 Å². The molecule has 4 unspecified atom stereocenters. The molecular weight excluding hydrogens is 496 g/mol. The van der Waals surface area contributed by atoms with E-state index in [2.05, 4.69) is 79.5 Å². The number of nitrogens with one attached hydrogen (secondary N) is 2. The normalized spacial score (nSPS) is 23.9. The van der Waals surface area contributed by atoms with E-state index in [4.69, 9.17) is 10.7 Å². The zero-order valence-corrected chi connectivity index (χ0v) is 23.4. The molecule has 0 saturated carbocycles. The predicted octanol–water partition coefficient (Wildman–Crippen LogP) is 5.64. The number of nitrogens with zero attached hydrogens (tertiary/aromatic N) is 5. The van der Waals surface area contributed by atoms with Gasteiger partial charge in [-0.1, -0.05) is 12.1 Å². The number of fused-ring (bicyclic) bond motifs is 3. The lowest BCUT2D eigenvalue weighted by atomic mass is 10.0. The van der Waals surface area contributed by atoms with Crippen molar-refractivity contribution >= 4 is 22.5 Å². The molecule has 4 atom stereocenters. The molecule has 0 aliphatic carbocycles. The van der Waals surface area contributed by atoms with Crippen molar-refractivity contribution in [2.24, 2.45) is 5.73 Å². The van der Waals surface area contributed by atoms with Crippen LogP contribution in [-0.2, 0) is 6.54 Å².